The molecule has 18 heavy (non-hydrogen) atoms. The van der Waals surface area contributed by atoms with E-state index in [1.165, 1.54) is 6.07 Å². The SMILES string of the molecule is Oc1c(Cl)cc(Cl)cc1C=NCc1ccccc1. The summed E-state index contributed by atoms with van der Waals surface area (Å²) in [4.78, 5) is 4.25. The van der Waals surface area contributed by atoms with Crippen molar-refractivity contribution in [1.82, 2.24) is 0 Å². The Morgan fingerprint density at radius 1 is 1.11 bits per heavy atom. The lowest BCUT2D eigenvalue weighted by Crippen LogP contribution is -1.86. The summed E-state index contributed by atoms with van der Waals surface area (Å²) in [5.74, 6) is -0.00196. The van der Waals surface area contributed by atoms with Gasteiger partial charge in [0.05, 0.1) is 11.6 Å². The van der Waals surface area contributed by atoms with E-state index < -0.39 is 0 Å². The van der Waals surface area contributed by atoms with Crippen molar-refractivity contribution in [1.29, 1.82) is 0 Å². The summed E-state index contributed by atoms with van der Waals surface area (Å²) in [5.41, 5.74) is 1.62. The van der Waals surface area contributed by atoms with Crippen LogP contribution in [-0.4, -0.2) is 11.3 Å². The molecular weight excluding hydrogens is 269 g/mol. The number of hydrogen-bond donors (Lipinski definition) is 1. The highest BCUT2D eigenvalue weighted by molar-refractivity contribution is 6.36. The molecular formula is C14H11Cl2NO. The fourth-order valence-corrected chi connectivity index (χ4v) is 2.03. The summed E-state index contributed by atoms with van der Waals surface area (Å²) in [6.07, 6.45) is 1.57. The van der Waals surface area contributed by atoms with Gasteiger partial charge in [0, 0.05) is 16.8 Å². The van der Waals surface area contributed by atoms with Crippen molar-refractivity contribution in [2.24, 2.45) is 4.99 Å². The summed E-state index contributed by atoms with van der Waals surface area (Å²) in [7, 11) is 0. The molecule has 0 aliphatic rings. The number of phenolic OH excluding ortho intramolecular Hbond substituents is 1. The molecule has 0 fully saturated rings. The van der Waals surface area contributed by atoms with Gasteiger partial charge in [0.25, 0.3) is 0 Å². The van der Waals surface area contributed by atoms with E-state index in [2.05, 4.69) is 4.99 Å². The molecule has 2 aromatic rings. The highest BCUT2D eigenvalue weighted by Gasteiger charge is 2.05. The first-order chi connectivity index (χ1) is 8.66. The normalized spacial score (nSPS) is 11.0. The number of hydrogen-bond acceptors (Lipinski definition) is 2. The second-order valence-corrected chi connectivity index (χ2v) is 4.62. The third-order valence-electron chi connectivity index (χ3n) is 2.40. The van der Waals surface area contributed by atoms with Crippen LogP contribution in [0.4, 0.5) is 0 Å². The maximum Gasteiger partial charge on any atom is 0.143 e. The van der Waals surface area contributed by atoms with Crippen molar-refractivity contribution >= 4 is 29.4 Å². The third kappa shape index (κ3) is 3.25. The molecule has 2 aromatic carbocycles. The van der Waals surface area contributed by atoms with Crippen LogP contribution in [0.5, 0.6) is 5.75 Å². The van der Waals surface area contributed by atoms with E-state index in [9.17, 15) is 5.11 Å². The minimum absolute atomic E-state index is 0.00196. The Balaban J connectivity index is 2.15. The fourth-order valence-electron chi connectivity index (χ4n) is 1.52. The van der Waals surface area contributed by atoms with E-state index in [1.807, 2.05) is 30.3 Å². The number of rotatable bonds is 3. The van der Waals surface area contributed by atoms with Crippen molar-refractivity contribution in [2.75, 3.05) is 0 Å². The molecule has 0 atom stereocenters. The lowest BCUT2D eigenvalue weighted by molar-refractivity contribution is 0.474. The van der Waals surface area contributed by atoms with Crippen LogP contribution in [0.3, 0.4) is 0 Å². The van der Waals surface area contributed by atoms with E-state index in [4.69, 9.17) is 23.2 Å². The molecule has 0 aliphatic carbocycles. The van der Waals surface area contributed by atoms with E-state index in [-0.39, 0.29) is 10.8 Å². The molecule has 2 rings (SSSR count). The first-order valence-corrected chi connectivity index (χ1v) is 6.14. The van der Waals surface area contributed by atoms with Crippen LogP contribution >= 0.6 is 23.2 Å². The first-order valence-electron chi connectivity index (χ1n) is 5.38. The quantitative estimate of drug-likeness (QED) is 0.834. The van der Waals surface area contributed by atoms with Gasteiger partial charge < -0.3 is 5.11 Å². The van der Waals surface area contributed by atoms with Crippen LogP contribution < -0.4 is 0 Å². The molecule has 2 nitrogen and oxygen atoms in total. The Morgan fingerprint density at radius 3 is 2.56 bits per heavy atom. The van der Waals surface area contributed by atoms with E-state index in [0.717, 1.165) is 5.56 Å². The minimum Gasteiger partial charge on any atom is -0.506 e. The highest BCUT2D eigenvalue weighted by Crippen LogP contribution is 2.30. The standard InChI is InChI=1S/C14H11Cl2NO/c15-12-6-11(14(18)13(16)7-12)9-17-8-10-4-2-1-3-5-10/h1-7,9,18H,8H2. The summed E-state index contributed by atoms with van der Waals surface area (Å²) in [6, 6.07) is 13.0. The zero-order chi connectivity index (χ0) is 13.0. The summed E-state index contributed by atoms with van der Waals surface area (Å²) in [5, 5.41) is 10.4. The number of aromatic hydroxyl groups is 1. The number of benzene rings is 2. The largest absolute Gasteiger partial charge is 0.506 e. The van der Waals surface area contributed by atoms with Crippen LogP contribution in [0, 0.1) is 0 Å². The highest BCUT2D eigenvalue weighted by atomic mass is 35.5. The summed E-state index contributed by atoms with van der Waals surface area (Å²) in [6.45, 7) is 0.546. The van der Waals surface area contributed by atoms with Gasteiger partial charge in [0.2, 0.25) is 0 Å². The van der Waals surface area contributed by atoms with Gasteiger partial charge in [-0.15, -0.1) is 0 Å². The summed E-state index contributed by atoms with van der Waals surface area (Å²) < 4.78 is 0. The maximum absolute atomic E-state index is 9.74. The van der Waals surface area contributed by atoms with Gasteiger partial charge >= 0.3 is 0 Å². The molecule has 0 saturated carbocycles. The molecule has 4 heteroatoms. The predicted octanol–water partition coefficient (Wildman–Crippen LogP) is 4.32. The van der Waals surface area contributed by atoms with Crippen LogP contribution in [0.2, 0.25) is 10.0 Å². The molecule has 0 amide bonds. The Kier molecular flexibility index (Phi) is 4.24. The molecule has 0 radical (unpaired) electrons. The van der Waals surface area contributed by atoms with Crippen LogP contribution in [0.15, 0.2) is 47.5 Å². The van der Waals surface area contributed by atoms with Gasteiger partial charge in [0.1, 0.15) is 5.75 Å². The van der Waals surface area contributed by atoms with Crippen molar-refractivity contribution in [3.63, 3.8) is 0 Å². The number of aliphatic imine (C=N–C) groups is 1. The maximum atomic E-state index is 9.74. The topological polar surface area (TPSA) is 32.6 Å². The van der Waals surface area contributed by atoms with Crippen molar-refractivity contribution in [3.8, 4) is 5.75 Å². The molecule has 1 N–H and O–H groups in total. The van der Waals surface area contributed by atoms with Crippen LogP contribution in [0.25, 0.3) is 0 Å². The molecule has 0 saturated heterocycles. The Bertz CT molecular complexity index is 568. The van der Waals surface area contributed by atoms with Gasteiger partial charge in [-0.05, 0) is 17.7 Å². The first kappa shape index (κ1) is 12.9. The van der Waals surface area contributed by atoms with Crippen LogP contribution in [-0.2, 0) is 6.54 Å². The van der Waals surface area contributed by atoms with E-state index in [1.54, 1.807) is 12.3 Å². The van der Waals surface area contributed by atoms with Gasteiger partial charge in [-0.1, -0.05) is 53.5 Å². The molecule has 0 aliphatic heterocycles. The predicted molar refractivity (Wildman–Crippen MR) is 75.9 cm³/mol. The van der Waals surface area contributed by atoms with E-state index >= 15 is 0 Å². The van der Waals surface area contributed by atoms with Crippen molar-refractivity contribution in [2.45, 2.75) is 6.54 Å². The number of phenols is 1. The van der Waals surface area contributed by atoms with Crippen molar-refractivity contribution in [3.05, 3.63) is 63.6 Å². The Labute approximate surface area is 116 Å². The van der Waals surface area contributed by atoms with Gasteiger partial charge in [-0.25, -0.2) is 0 Å². The lowest BCUT2D eigenvalue weighted by atomic mass is 10.2. The molecule has 0 unspecified atom stereocenters. The molecule has 0 spiro atoms. The zero-order valence-electron chi connectivity index (χ0n) is 9.48. The Hall–Kier alpha value is -1.51. The number of nitrogens with zero attached hydrogens (tertiary/aromatic N) is 1. The second-order valence-electron chi connectivity index (χ2n) is 3.78. The Morgan fingerprint density at radius 2 is 1.83 bits per heavy atom. The zero-order valence-corrected chi connectivity index (χ0v) is 11.0. The monoisotopic (exact) mass is 279 g/mol. The van der Waals surface area contributed by atoms with Crippen LogP contribution in [0.1, 0.15) is 11.1 Å². The fraction of sp³-hybridized carbons (Fsp3) is 0.0714. The molecule has 0 heterocycles. The van der Waals surface area contributed by atoms with Gasteiger partial charge in [-0.3, -0.25) is 4.99 Å². The van der Waals surface area contributed by atoms with Crippen molar-refractivity contribution < 1.29 is 5.11 Å². The molecule has 92 valence electrons. The summed E-state index contributed by atoms with van der Waals surface area (Å²) >= 11 is 11.7. The third-order valence-corrected chi connectivity index (χ3v) is 2.91. The number of halogens is 2. The smallest absolute Gasteiger partial charge is 0.143 e. The van der Waals surface area contributed by atoms with Gasteiger partial charge in [0.15, 0.2) is 0 Å². The van der Waals surface area contributed by atoms with E-state index in [0.29, 0.717) is 17.1 Å². The van der Waals surface area contributed by atoms with Gasteiger partial charge in [-0.2, -0.15) is 0 Å². The molecule has 0 aromatic heterocycles. The molecule has 0 bridgehead atoms. The average molecular weight is 280 g/mol. The minimum atomic E-state index is -0.00196. The lowest BCUT2D eigenvalue weighted by Gasteiger charge is -2.02. The average Bonchev–Trinajstić information content (AvgIpc) is 2.36. The second kappa shape index (κ2) is 5.89.